The largest absolute Gasteiger partial charge is 0.434 e. The van der Waals surface area contributed by atoms with Gasteiger partial charge in [0, 0.05) is 17.9 Å². The summed E-state index contributed by atoms with van der Waals surface area (Å²) in [5, 5.41) is 5.83. The molecule has 1 aliphatic rings. The number of hydrogen-bond acceptors (Lipinski definition) is 4. The average Bonchev–Trinajstić information content (AvgIpc) is 2.65. The molecule has 1 aliphatic carbocycles. The van der Waals surface area contributed by atoms with E-state index in [1.165, 1.54) is 18.2 Å². The van der Waals surface area contributed by atoms with E-state index in [0.717, 1.165) is 38.3 Å². The van der Waals surface area contributed by atoms with E-state index in [1.807, 2.05) is 0 Å². The van der Waals surface area contributed by atoms with Crippen LogP contribution in [0.5, 0.6) is 0 Å². The summed E-state index contributed by atoms with van der Waals surface area (Å²) >= 11 is 11.7. The van der Waals surface area contributed by atoms with Crippen molar-refractivity contribution in [3.63, 3.8) is 0 Å². The molecule has 2 aromatic rings. The molecular formula is C18H17Cl2F3N4O. The van der Waals surface area contributed by atoms with Gasteiger partial charge in [0.25, 0.3) is 5.91 Å². The monoisotopic (exact) mass is 432 g/mol. The number of amides is 1. The number of anilines is 2. The van der Waals surface area contributed by atoms with Gasteiger partial charge in [-0.25, -0.2) is 9.97 Å². The van der Waals surface area contributed by atoms with E-state index >= 15 is 0 Å². The van der Waals surface area contributed by atoms with Crippen molar-refractivity contribution in [1.29, 1.82) is 0 Å². The van der Waals surface area contributed by atoms with Gasteiger partial charge in [0.05, 0.1) is 15.6 Å². The first-order chi connectivity index (χ1) is 13.2. The number of rotatable bonds is 4. The Morgan fingerprint density at radius 3 is 2.46 bits per heavy atom. The van der Waals surface area contributed by atoms with Gasteiger partial charge in [0.15, 0.2) is 5.69 Å². The topological polar surface area (TPSA) is 66.9 Å². The molecule has 1 fully saturated rings. The summed E-state index contributed by atoms with van der Waals surface area (Å²) in [7, 11) is 0. The van der Waals surface area contributed by atoms with Gasteiger partial charge in [-0.1, -0.05) is 42.5 Å². The van der Waals surface area contributed by atoms with Crippen molar-refractivity contribution >= 4 is 40.7 Å². The van der Waals surface area contributed by atoms with Crippen molar-refractivity contribution in [2.75, 3.05) is 5.32 Å². The zero-order valence-electron chi connectivity index (χ0n) is 14.6. The molecule has 0 atom stereocenters. The Labute approximate surface area is 169 Å². The van der Waals surface area contributed by atoms with Crippen molar-refractivity contribution in [1.82, 2.24) is 15.3 Å². The van der Waals surface area contributed by atoms with Gasteiger partial charge in [0.2, 0.25) is 5.95 Å². The maximum absolute atomic E-state index is 13.5. The highest BCUT2D eigenvalue weighted by Gasteiger charge is 2.38. The molecule has 1 aromatic heterocycles. The zero-order valence-corrected chi connectivity index (χ0v) is 16.1. The number of hydrogen-bond donors (Lipinski definition) is 2. The molecule has 1 heterocycles. The van der Waals surface area contributed by atoms with E-state index in [-0.39, 0.29) is 17.0 Å². The first-order valence-electron chi connectivity index (χ1n) is 8.71. The van der Waals surface area contributed by atoms with Crippen molar-refractivity contribution < 1.29 is 18.0 Å². The molecule has 0 spiro atoms. The summed E-state index contributed by atoms with van der Waals surface area (Å²) in [5.74, 6) is -1.12. The Hall–Kier alpha value is -2.06. The van der Waals surface area contributed by atoms with E-state index in [4.69, 9.17) is 23.2 Å². The third kappa shape index (κ3) is 5.05. The molecule has 5 nitrogen and oxygen atoms in total. The number of nitrogens with zero attached hydrogens (tertiary/aromatic N) is 2. The highest BCUT2D eigenvalue weighted by Crippen LogP contribution is 2.32. The van der Waals surface area contributed by atoms with Crippen LogP contribution in [0.15, 0.2) is 24.4 Å². The van der Waals surface area contributed by atoms with Crippen LogP contribution in [0.25, 0.3) is 0 Å². The summed E-state index contributed by atoms with van der Waals surface area (Å²) < 4.78 is 40.5. The quantitative estimate of drug-likeness (QED) is 0.658. The molecule has 3 rings (SSSR count). The standard InChI is InChI=1S/C18H17Cl2F3N4O/c19-13-7-6-11(8-14(13)20)26-17-24-9-12(15(27-17)18(21,22)23)16(28)25-10-4-2-1-3-5-10/h6-10H,1-5H2,(H,25,28)(H,24,26,27). The lowest BCUT2D eigenvalue weighted by Crippen LogP contribution is -2.37. The van der Waals surface area contributed by atoms with Crippen molar-refractivity contribution in [3.8, 4) is 0 Å². The third-order valence-electron chi connectivity index (χ3n) is 4.42. The molecule has 150 valence electrons. The second-order valence-electron chi connectivity index (χ2n) is 6.52. The molecule has 0 unspecified atom stereocenters. The van der Waals surface area contributed by atoms with Crippen LogP contribution in [0.3, 0.4) is 0 Å². The summed E-state index contributed by atoms with van der Waals surface area (Å²) in [6.07, 6.45) is 0.540. The fourth-order valence-corrected chi connectivity index (χ4v) is 3.34. The number of nitrogens with one attached hydrogen (secondary N) is 2. The Morgan fingerprint density at radius 2 is 1.82 bits per heavy atom. The van der Waals surface area contributed by atoms with E-state index in [9.17, 15) is 18.0 Å². The Kier molecular flexibility index (Phi) is 6.30. The molecule has 0 radical (unpaired) electrons. The highest BCUT2D eigenvalue weighted by molar-refractivity contribution is 6.42. The van der Waals surface area contributed by atoms with Gasteiger partial charge in [0.1, 0.15) is 0 Å². The van der Waals surface area contributed by atoms with Crippen LogP contribution >= 0.6 is 23.2 Å². The lowest BCUT2D eigenvalue weighted by atomic mass is 9.95. The SMILES string of the molecule is O=C(NC1CCCCC1)c1cnc(Nc2ccc(Cl)c(Cl)c2)nc1C(F)(F)F. The van der Waals surface area contributed by atoms with Gasteiger partial charge in [-0.05, 0) is 31.0 Å². The van der Waals surface area contributed by atoms with Crippen LogP contribution in [0, 0.1) is 0 Å². The van der Waals surface area contributed by atoms with Crippen LogP contribution < -0.4 is 10.6 Å². The maximum Gasteiger partial charge on any atom is 0.434 e. The van der Waals surface area contributed by atoms with Gasteiger partial charge in [-0.15, -0.1) is 0 Å². The molecule has 0 saturated heterocycles. The summed E-state index contributed by atoms with van der Waals surface area (Å²) in [6, 6.07) is 4.32. The maximum atomic E-state index is 13.5. The fourth-order valence-electron chi connectivity index (χ4n) is 3.04. The minimum absolute atomic E-state index is 0.128. The van der Waals surface area contributed by atoms with Gasteiger partial charge in [-0.3, -0.25) is 4.79 Å². The minimum atomic E-state index is -4.81. The van der Waals surface area contributed by atoms with Crippen LogP contribution in [0.1, 0.15) is 48.2 Å². The number of alkyl halides is 3. The lowest BCUT2D eigenvalue weighted by molar-refractivity contribution is -0.141. The van der Waals surface area contributed by atoms with Crippen molar-refractivity contribution in [2.45, 2.75) is 44.3 Å². The number of benzene rings is 1. The van der Waals surface area contributed by atoms with Crippen LogP contribution in [0.2, 0.25) is 10.0 Å². The molecule has 1 saturated carbocycles. The molecular weight excluding hydrogens is 416 g/mol. The summed E-state index contributed by atoms with van der Waals surface area (Å²) in [5.41, 5.74) is -1.53. The average molecular weight is 433 g/mol. The lowest BCUT2D eigenvalue weighted by Gasteiger charge is -2.23. The minimum Gasteiger partial charge on any atom is -0.349 e. The normalized spacial score (nSPS) is 15.3. The van der Waals surface area contributed by atoms with Crippen LogP contribution in [-0.4, -0.2) is 21.9 Å². The zero-order chi connectivity index (χ0) is 20.3. The Bertz CT molecular complexity index is 870. The molecule has 0 bridgehead atoms. The Balaban J connectivity index is 1.84. The predicted molar refractivity (Wildman–Crippen MR) is 101 cm³/mol. The Morgan fingerprint density at radius 1 is 1.11 bits per heavy atom. The molecule has 10 heteroatoms. The van der Waals surface area contributed by atoms with E-state index in [2.05, 4.69) is 20.6 Å². The molecule has 2 N–H and O–H groups in total. The first-order valence-corrected chi connectivity index (χ1v) is 9.47. The smallest absolute Gasteiger partial charge is 0.349 e. The number of carbonyl (C=O) groups is 1. The van der Waals surface area contributed by atoms with Crippen molar-refractivity contribution in [2.24, 2.45) is 0 Å². The van der Waals surface area contributed by atoms with Gasteiger partial charge in [-0.2, -0.15) is 13.2 Å². The third-order valence-corrected chi connectivity index (χ3v) is 5.16. The summed E-state index contributed by atoms with van der Waals surface area (Å²) in [4.78, 5) is 19.8. The van der Waals surface area contributed by atoms with Crippen LogP contribution in [0.4, 0.5) is 24.8 Å². The number of carbonyl (C=O) groups excluding carboxylic acids is 1. The second-order valence-corrected chi connectivity index (χ2v) is 7.33. The summed E-state index contributed by atoms with van der Waals surface area (Å²) in [6.45, 7) is 0. The first kappa shape index (κ1) is 20.7. The van der Waals surface area contributed by atoms with E-state index in [0.29, 0.717) is 10.7 Å². The second kappa shape index (κ2) is 8.53. The van der Waals surface area contributed by atoms with E-state index in [1.54, 1.807) is 0 Å². The number of halogens is 5. The molecule has 1 amide bonds. The predicted octanol–water partition coefficient (Wildman–Crippen LogP) is 5.61. The highest BCUT2D eigenvalue weighted by atomic mass is 35.5. The van der Waals surface area contributed by atoms with Crippen LogP contribution in [-0.2, 0) is 6.18 Å². The molecule has 28 heavy (non-hydrogen) atoms. The van der Waals surface area contributed by atoms with Gasteiger partial charge >= 0.3 is 6.18 Å². The van der Waals surface area contributed by atoms with E-state index < -0.39 is 23.3 Å². The fraction of sp³-hybridized carbons (Fsp3) is 0.389. The van der Waals surface area contributed by atoms with Gasteiger partial charge < -0.3 is 10.6 Å². The molecule has 1 aromatic carbocycles. The van der Waals surface area contributed by atoms with Crippen molar-refractivity contribution in [3.05, 3.63) is 45.7 Å². The molecule has 0 aliphatic heterocycles. The number of aromatic nitrogens is 2.